The highest BCUT2D eigenvalue weighted by molar-refractivity contribution is 5.77. The smallest absolute Gasteiger partial charge is 0.233 e. The molecule has 1 N–H and O–H groups in total. The molecule has 13 heavy (non-hydrogen) atoms. The average molecular weight is 181 g/mol. The first-order valence-electron chi connectivity index (χ1n) is 4.62. The van der Waals surface area contributed by atoms with E-state index in [-0.39, 0.29) is 11.9 Å². The number of carbonyl (C=O) groups excluding carboxylic acids is 1. The maximum absolute atomic E-state index is 11.1. The van der Waals surface area contributed by atoms with E-state index in [2.05, 4.69) is 11.4 Å². The van der Waals surface area contributed by atoms with Crippen LogP contribution in [0.4, 0.5) is 0 Å². The molecule has 72 valence electrons. The van der Waals surface area contributed by atoms with E-state index in [0.29, 0.717) is 6.54 Å². The molecule has 0 saturated carbocycles. The minimum absolute atomic E-state index is 0.0119. The van der Waals surface area contributed by atoms with Gasteiger partial charge in [0.15, 0.2) is 0 Å². The third-order valence-corrected chi connectivity index (χ3v) is 2.39. The summed E-state index contributed by atoms with van der Waals surface area (Å²) >= 11 is 0. The van der Waals surface area contributed by atoms with Crippen LogP contribution in [0.25, 0.3) is 0 Å². The Morgan fingerprint density at radius 3 is 3.08 bits per heavy atom. The summed E-state index contributed by atoms with van der Waals surface area (Å²) in [7, 11) is 1.62. The fourth-order valence-electron chi connectivity index (χ4n) is 1.59. The van der Waals surface area contributed by atoms with Crippen LogP contribution in [0.1, 0.15) is 19.3 Å². The number of piperidine rings is 1. The van der Waals surface area contributed by atoms with E-state index in [1.165, 1.54) is 0 Å². The van der Waals surface area contributed by atoms with Gasteiger partial charge in [-0.15, -0.1) is 0 Å². The third kappa shape index (κ3) is 2.71. The first kappa shape index (κ1) is 10.0. The van der Waals surface area contributed by atoms with Gasteiger partial charge in [0.05, 0.1) is 18.7 Å². The number of nitrogens with one attached hydrogen (secondary N) is 1. The first-order chi connectivity index (χ1) is 6.27. The van der Waals surface area contributed by atoms with Gasteiger partial charge in [0, 0.05) is 7.05 Å². The number of carbonyl (C=O) groups is 1. The Hall–Kier alpha value is -1.08. The number of hydrogen-bond acceptors (Lipinski definition) is 3. The molecular formula is C9H15N3O. The summed E-state index contributed by atoms with van der Waals surface area (Å²) in [6, 6.07) is 2.17. The molecule has 0 aliphatic carbocycles. The lowest BCUT2D eigenvalue weighted by Crippen LogP contribution is -2.44. The van der Waals surface area contributed by atoms with Crippen LogP contribution < -0.4 is 5.32 Å². The summed E-state index contributed by atoms with van der Waals surface area (Å²) in [5.41, 5.74) is 0. The Labute approximate surface area is 78.5 Å². The van der Waals surface area contributed by atoms with Gasteiger partial charge in [0.2, 0.25) is 5.91 Å². The SMILES string of the molecule is CNC(=O)CN1CCCCC1C#N. The fourth-order valence-corrected chi connectivity index (χ4v) is 1.59. The van der Waals surface area contributed by atoms with Gasteiger partial charge >= 0.3 is 0 Å². The van der Waals surface area contributed by atoms with Crippen LogP contribution in [0.3, 0.4) is 0 Å². The summed E-state index contributed by atoms with van der Waals surface area (Å²) < 4.78 is 0. The van der Waals surface area contributed by atoms with Crippen LogP contribution in [0.15, 0.2) is 0 Å². The summed E-state index contributed by atoms with van der Waals surface area (Å²) in [4.78, 5) is 13.0. The standard InChI is InChI=1S/C9H15N3O/c1-11-9(13)7-12-5-3-2-4-8(12)6-10/h8H,2-5,7H2,1H3,(H,11,13). The Morgan fingerprint density at radius 1 is 1.69 bits per heavy atom. The van der Waals surface area contributed by atoms with Crippen molar-refractivity contribution in [3.8, 4) is 6.07 Å². The number of rotatable bonds is 2. The highest BCUT2D eigenvalue weighted by atomic mass is 16.1. The van der Waals surface area contributed by atoms with Gasteiger partial charge in [-0.2, -0.15) is 5.26 Å². The number of hydrogen-bond donors (Lipinski definition) is 1. The number of likely N-dealkylation sites (tertiary alicyclic amines) is 1. The zero-order valence-corrected chi connectivity index (χ0v) is 7.92. The molecule has 1 atom stereocenters. The van der Waals surface area contributed by atoms with Crippen LogP contribution in [0.2, 0.25) is 0 Å². The summed E-state index contributed by atoms with van der Waals surface area (Å²) in [6.07, 6.45) is 3.09. The van der Waals surface area contributed by atoms with Gasteiger partial charge in [-0.3, -0.25) is 9.69 Å². The minimum Gasteiger partial charge on any atom is -0.358 e. The van der Waals surface area contributed by atoms with Gasteiger partial charge < -0.3 is 5.32 Å². The maximum atomic E-state index is 11.1. The second-order valence-corrected chi connectivity index (χ2v) is 3.28. The normalized spacial score (nSPS) is 23.5. The molecule has 1 aliphatic rings. The van der Waals surface area contributed by atoms with Crippen LogP contribution in [-0.2, 0) is 4.79 Å². The van der Waals surface area contributed by atoms with Gasteiger partial charge in [0.1, 0.15) is 0 Å². The van der Waals surface area contributed by atoms with E-state index in [0.717, 1.165) is 25.8 Å². The van der Waals surface area contributed by atoms with Crippen molar-refractivity contribution >= 4 is 5.91 Å². The lowest BCUT2D eigenvalue weighted by molar-refractivity contribution is -0.122. The van der Waals surface area contributed by atoms with E-state index in [1.807, 2.05) is 4.90 Å². The lowest BCUT2D eigenvalue weighted by Gasteiger charge is -2.30. The highest BCUT2D eigenvalue weighted by Crippen LogP contribution is 2.15. The quantitative estimate of drug-likeness (QED) is 0.658. The molecule has 1 saturated heterocycles. The van der Waals surface area contributed by atoms with Crippen molar-refractivity contribution in [2.45, 2.75) is 25.3 Å². The largest absolute Gasteiger partial charge is 0.358 e. The monoisotopic (exact) mass is 181 g/mol. The second kappa shape index (κ2) is 4.83. The predicted molar refractivity (Wildman–Crippen MR) is 48.9 cm³/mol. The maximum Gasteiger partial charge on any atom is 0.233 e. The molecular weight excluding hydrogens is 166 g/mol. The number of amides is 1. The van der Waals surface area contributed by atoms with Crippen molar-refractivity contribution in [1.82, 2.24) is 10.2 Å². The Bertz CT molecular complexity index is 221. The summed E-state index contributed by atoms with van der Waals surface area (Å²) in [6.45, 7) is 1.22. The van der Waals surface area contributed by atoms with Crippen LogP contribution in [-0.4, -0.2) is 37.0 Å². The topological polar surface area (TPSA) is 56.1 Å². The molecule has 0 radical (unpaired) electrons. The Kier molecular flexibility index (Phi) is 3.71. The summed E-state index contributed by atoms with van der Waals surface area (Å²) in [5.74, 6) is -0.0119. The molecule has 1 fully saturated rings. The number of nitriles is 1. The van der Waals surface area contributed by atoms with Crippen molar-refractivity contribution in [1.29, 1.82) is 5.26 Å². The van der Waals surface area contributed by atoms with Crippen LogP contribution in [0.5, 0.6) is 0 Å². The zero-order chi connectivity index (χ0) is 9.68. The molecule has 1 rings (SSSR count). The molecule has 1 heterocycles. The van der Waals surface area contributed by atoms with Gasteiger partial charge in [-0.25, -0.2) is 0 Å². The molecule has 4 heteroatoms. The van der Waals surface area contributed by atoms with Gasteiger partial charge in [0.25, 0.3) is 0 Å². The zero-order valence-electron chi connectivity index (χ0n) is 7.92. The Morgan fingerprint density at radius 2 is 2.46 bits per heavy atom. The Balaban J connectivity index is 2.46. The van der Waals surface area contributed by atoms with E-state index in [1.54, 1.807) is 7.05 Å². The van der Waals surface area contributed by atoms with Crippen molar-refractivity contribution in [2.24, 2.45) is 0 Å². The minimum atomic E-state index is -0.0638. The fraction of sp³-hybridized carbons (Fsp3) is 0.778. The van der Waals surface area contributed by atoms with E-state index in [4.69, 9.17) is 5.26 Å². The van der Waals surface area contributed by atoms with Crippen molar-refractivity contribution in [3.05, 3.63) is 0 Å². The van der Waals surface area contributed by atoms with Crippen molar-refractivity contribution < 1.29 is 4.79 Å². The predicted octanol–water partition coefficient (Wildman–Crippen LogP) is 0.110. The number of likely N-dealkylation sites (N-methyl/N-ethyl adjacent to an activating group) is 1. The molecule has 0 aromatic carbocycles. The van der Waals surface area contributed by atoms with Crippen LogP contribution in [0, 0.1) is 11.3 Å². The van der Waals surface area contributed by atoms with Gasteiger partial charge in [-0.05, 0) is 25.8 Å². The summed E-state index contributed by atoms with van der Waals surface area (Å²) in [5, 5.41) is 11.4. The molecule has 0 aromatic heterocycles. The van der Waals surface area contributed by atoms with E-state index < -0.39 is 0 Å². The molecule has 1 unspecified atom stereocenters. The number of nitrogens with zero attached hydrogens (tertiary/aromatic N) is 2. The molecule has 1 amide bonds. The third-order valence-electron chi connectivity index (χ3n) is 2.39. The molecule has 0 spiro atoms. The van der Waals surface area contributed by atoms with Crippen LogP contribution >= 0.6 is 0 Å². The van der Waals surface area contributed by atoms with Gasteiger partial charge in [-0.1, -0.05) is 0 Å². The highest BCUT2D eigenvalue weighted by Gasteiger charge is 2.23. The molecule has 1 aliphatic heterocycles. The molecule has 0 bridgehead atoms. The first-order valence-corrected chi connectivity index (χ1v) is 4.62. The average Bonchev–Trinajstić information content (AvgIpc) is 2.18. The second-order valence-electron chi connectivity index (χ2n) is 3.28. The van der Waals surface area contributed by atoms with E-state index >= 15 is 0 Å². The molecule has 0 aromatic rings. The molecule has 4 nitrogen and oxygen atoms in total. The van der Waals surface area contributed by atoms with Crippen molar-refractivity contribution in [2.75, 3.05) is 20.1 Å². The van der Waals surface area contributed by atoms with Crippen molar-refractivity contribution in [3.63, 3.8) is 0 Å². The van der Waals surface area contributed by atoms with E-state index in [9.17, 15) is 4.79 Å². The lowest BCUT2D eigenvalue weighted by atomic mass is 10.0.